The van der Waals surface area contributed by atoms with Crippen molar-refractivity contribution in [1.82, 2.24) is 5.32 Å². The second kappa shape index (κ2) is 9.05. The van der Waals surface area contributed by atoms with E-state index in [4.69, 9.17) is 4.74 Å². The van der Waals surface area contributed by atoms with Crippen LogP contribution >= 0.6 is 0 Å². The predicted octanol–water partition coefficient (Wildman–Crippen LogP) is 5.16. The first-order valence-electron chi connectivity index (χ1n) is 8.86. The summed E-state index contributed by atoms with van der Waals surface area (Å²) in [4.78, 5) is 0. The van der Waals surface area contributed by atoms with Crippen molar-refractivity contribution in [3.63, 3.8) is 0 Å². The monoisotopic (exact) mass is 331 g/mol. The first-order valence-corrected chi connectivity index (χ1v) is 8.86. The van der Waals surface area contributed by atoms with E-state index in [1.165, 1.54) is 16.7 Å². The molecular formula is C23H25NO. The average Bonchev–Trinajstić information content (AvgIpc) is 2.68. The lowest BCUT2D eigenvalue weighted by molar-refractivity contribution is 0.317. The molecule has 1 unspecified atom stereocenters. The number of nitrogens with one attached hydrogen (secondary N) is 1. The van der Waals surface area contributed by atoms with Gasteiger partial charge in [0, 0.05) is 24.6 Å². The molecule has 0 spiro atoms. The highest BCUT2D eigenvalue weighted by Crippen LogP contribution is 2.20. The summed E-state index contributed by atoms with van der Waals surface area (Å²) in [6.45, 7) is 3.67. The van der Waals surface area contributed by atoms with Gasteiger partial charge in [0.1, 0.15) is 5.75 Å². The van der Waals surface area contributed by atoms with Gasteiger partial charge in [0.05, 0.1) is 6.61 Å². The number of hydrogen-bond acceptors (Lipinski definition) is 2. The van der Waals surface area contributed by atoms with E-state index in [2.05, 4.69) is 79.0 Å². The number of ether oxygens (including phenoxy) is 1. The fraction of sp³-hybridized carbons (Fsp3) is 0.217. The Bertz CT molecular complexity index is 755. The SMILES string of the molecule is CC(NCc1ccccc1OCCc1ccccc1)c1ccccc1. The van der Waals surface area contributed by atoms with Crippen LogP contribution < -0.4 is 10.1 Å². The second-order valence-electron chi connectivity index (χ2n) is 6.21. The fourth-order valence-corrected chi connectivity index (χ4v) is 2.84. The molecule has 0 aliphatic carbocycles. The highest BCUT2D eigenvalue weighted by Gasteiger charge is 2.07. The molecule has 0 amide bonds. The van der Waals surface area contributed by atoms with E-state index in [1.54, 1.807) is 0 Å². The van der Waals surface area contributed by atoms with Crippen molar-refractivity contribution in [2.45, 2.75) is 25.9 Å². The van der Waals surface area contributed by atoms with Gasteiger partial charge in [-0.05, 0) is 24.1 Å². The minimum Gasteiger partial charge on any atom is -0.493 e. The summed E-state index contributed by atoms with van der Waals surface area (Å²) in [5.41, 5.74) is 3.79. The lowest BCUT2D eigenvalue weighted by Crippen LogP contribution is -2.18. The molecule has 3 aromatic rings. The Hall–Kier alpha value is -2.58. The molecule has 2 heteroatoms. The van der Waals surface area contributed by atoms with Crippen LogP contribution in [0.15, 0.2) is 84.9 Å². The van der Waals surface area contributed by atoms with E-state index in [0.717, 1.165) is 18.7 Å². The zero-order valence-corrected chi connectivity index (χ0v) is 14.7. The van der Waals surface area contributed by atoms with Crippen LogP contribution in [0.4, 0.5) is 0 Å². The van der Waals surface area contributed by atoms with E-state index in [-0.39, 0.29) is 0 Å². The standard InChI is InChI=1S/C23H25NO/c1-19(21-12-6-3-7-13-21)24-18-22-14-8-9-15-23(22)25-17-16-20-10-4-2-5-11-20/h2-15,19,24H,16-18H2,1H3. The number of para-hydroxylation sites is 1. The normalized spacial score (nSPS) is 11.9. The average molecular weight is 331 g/mol. The number of benzene rings is 3. The quantitative estimate of drug-likeness (QED) is 0.615. The molecule has 2 nitrogen and oxygen atoms in total. The summed E-state index contributed by atoms with van der Waals surface area (Å²) in [6.07, 6.45) is 0.920. The van der Waals surface area contributed by atoms with E-state index < -0.39 is 0 Å². The third kappa shape index (κ3) is 5.20. The Labute approximate surface area is 150 Å². The van der Waals surface area contributed by atoms with Gasteiger partial charge in [0.2, 0.25) is 0 Å². The third-order valence-electron chi connectivity index (χ3n) is 4.36. The van der Waals surface area contributed by atoms with Crippen LogP contribution in [-0.4, -0.2) is 6.61 Å². The van der Waals surface area contributed by atoms with Crippen LogP contribution in [0, 0.1) is 0 Å². The van der Waals surface area contributed by atoms with Gasteiger partial charge in [-0.3, -0.25) is 0 Å². The zero-order chi connectivity index (χ0) is 17.3. The molecular weight excluding hydrogens is 306 g/mol. The van der Waals surface area contributed by atoms with Crippen LogP contribution in [-0.2, 0) is 13.0 Å². The molecule has 0 aromatic heterocycles. The third-order valence-corrected chi connectivity index (χ3v) is 4.36. The maximum Gasteiger partial charge on any atom is 0.123 e. The molecule has 0 heterocycles. The van der Waals surface area contributed by atoms with Gasteiger partial charge in [0.15, 0.2) is 0 Å². The van der Waals surface area contributed by atoms with Crippen LogP contribution in [0.5, 0.6) is 5.75 Å². The first kappa shape index (κ1) is 17.2. The van der Waals surface area contributed by atoms with Crippen molar-refractivity contribution in [2.75, 3.05) is 6.61 Å². The Morgan fingerprint density at radius 2 is 1.44 bits per heavy atom. The van der Waals surface area contributed by atoms with Crippen molar-refractivity contribution < 1.29 is 4.74 Å². The summed E-state index contributed by atoms with van der Waals surface area (Å²) >= 11 is 0. The van der Waals surface area contributed by atoms with Crippen LogP contribution in [0.25, 0.3) is 0 Å². The summed E-state index contributed by atoms with van der Waals surface area (Å²) in [5, 5.41) is 3.58. The molecule has 25 heavy (non-hydrogen) atoms. The van der Waals surface area contributed by atoms with Gasteiger partial charge >= 0.3 is 0 Å². The topological polar surface area (TPSA) is 21.3 Å². The van der Waals surface area contributed by atoms with Crippen molar-refractivity contribution in [2.24, 2.45) is 0 Å². The van der Waals surface area contributed by atoms with Crippen molar-refractivity contribution in [3.8, 4) is 5.75 Å². The largest absolute Gasteiger partial charge is 0.493 e. The molecule has 3 rings (SSSR count). The van der Waals surface area contributed by atoms with Gasteiger partial charge in [-0.1, -0.05) is 78.9 Å². The Morgan fingerprint density at radius 3 is 2.20 bits per heavy atom. The predicted molar refractivity (Wildman–Crippen MR) is 104 cm³/mol. The van der Waals surface area contributed by atoms with Crippen LogP contribution in [0.1, 0.15) is 29.7 Å². The molecule has 0 saturated carbocycles. The summed E-state index contributed by atoms with van der Waals surface area (Å²) in [7, 11) is 0. The molecule has 0 radical (unpaired) electrons. The van der Waals surface area contributed by atoms with Crippen molar-refractivity contribution >= 4 is 0 Å². The lowest BCUT2D eigenvalue weighted by Gasteiger charge is -2.16. The van der Waals surface area contributed by atoms with Gasteiger partial charge in [-0.15, -0.1) is 0 Å². The molecule has 0 saturated heterocycles. The number of rotatable bonds is 8. The molecule has 0 aliphatic rings. The van der Waals surface area contributed by atoms with Gasteiger partial charge in [-0.2, -0.15) is 0 Å². The molecule has 3 aromatic carbocycles. The summed E-state index contributed by atoms with van der Waals surface area (Å²) < 4.78 is 6.04. The molecule has 1 atom stereocenters. The molecule has 0 aliphatic heterocycles. The molecule has 128 valence electrons. The van der Waals surface area contributed by atoms with Crippen LogP contribution in [0.2, 0.25) is 0 Å². The van der Waals surface area contributed by atoms with E-state index in [1.807, 2.05) is 18.2 Å². The fourth-order valence-electron chi connectivity index (χ4n) is 2.84. The maximum absolute atomic E-state index is 6.04. The van der Waals surface area contributed by atoms with E-state index >= 15 is 0 Å². The molecule has 0 bridgehead atoms. The zero-order valence-electron chi connectivity index (χ0n) is 14.7. The Balaban J connectivity index is 1.55. The maximum atomic E-state index is 6.04. The van der Waals surface area contributed by atoms with Crippen molar-refractivity contribution in [3.05, 3.63) is 102 Å². The Kier molecular flexibility index (Phi) is 6.24. The van der Waals surface area contributed by atoms with Crippen LogP contribution in [0.3, 0.4) is 0 Å². The first-order chi connectivity index (χ1) is 12.3. The lowest BCUT2D eigenvalue weighted by atomic mass is 10.1. The molecule has 0 fully saturated rings. The number of hydrogen-bond donors (Lipinski definition) is 1. The van der Waals surface area contributed by atoms with Gasteiger partial charge in [-0.25, -0.2) is 0 Å². The second-order valence-corrected chi connectivity index (χ2v) is 6.21. The van der Waals surface area contributed by atoms with Gasteiger partial charge in [0.25, 0.3) is 0 Å². The highest BCUT2D eigenvalue weighted by atomic mass is 16.5. The minimum absolute atomic E-state index is 0.304. The highest BCUT2D eigenvalue weighted by molar-refractivity contribution is 5.33. The van der Waals surface area contributed by atoms with Crippen molar-refractivity contribution in [1.29, 1.82) is 0 Å². The smallest absolute Gasteiger partial charge is 0.123 e. The summed E-state index contributed by atoms with van der Waals surface area (Å²) in [5.74, 6) is 0.964. The Morgan fingerprint density at radius 1 is 0.800 bits per heavy atom. The van der Waals surface area contributed by atoms with E-state index in [9.17, 15) is 0 Å². The summed E-state index contributed by atoms with van der Waals surface area (Å²) in [6, 6.07) is 29.5. The molecule has 1 N–H and O–H groups in total. The minimum atomic E-state index is 0.304. The van der Waals surface area contributed by atoms with Gasteiger partial charge < -0.3 is 10.1 Å². The van der Waals surface area contributed by atoms with E-state index in [0.29, 0.717) is 12.6 Å².